The lowest BCUT2D eigenvalue weighted by atomic mass is 10.1. The summed E-state index contributed by atoms with van der Waals surface area (Å²) in [6, 6.07) is -1.00. The van der Waals surface area contributed by atoms with Crippen molar-refractivity contribution in [2.45, 2.75) is 122 Å². The SMILES string of the molecule is CCCCCCCC/C=C/CCCCCCCC(=O)NC(CCCC(=O)O)C(=O)O. The van der Waals surface area contributed by atoms with Gasteiger partial charge in [0.25, 0.3) is 0 Å². The van der Waals surface area contributed by atoms with Gasteiger partial charge in [-0.2, -0.15) is 0 Å². The first-order valence-electron chi connectivity index (χ1n) is 11.9. The summed E-state index contributed by atoms with van der Waals surface area (Å²) >= 11 is 0. The topological polar surface area (TPSA) is 104 Å². The molecule has 6 heteroatoms. The van der Waals surface area contributed by atoms with Crippen LogP contribution >= 0.6 is 0 Å². The summed E-state index contributed by atoms with van der Waals surface area (Å²) in [6.07, 6.45) is 20.7. The van der Waals surface area contributed by atoms with Crippen LogP contribution in [0.15, 0.2) is 12.2 Å². The Hall–Kier alpha value is -1.85. The second-order valence-electron chi connectivity index (χ2n) is 8.08. The molecular weight excluding hydrogens is 382 g/mol. The standard InChI is InChI=1S/C24H43NO5/c1-2-3-4-5-6-7-8-9-10-11-12-13-14-15-16-19-22(26)25-21(24(29)30)18-17-20-23(27)28/h9-10,21H,2-8,11-20H2,1H3,(H,25,26)(H,27,28)(H,29,30)/b10-9+. The molecule has 0 aromatic rings. The van der Waals surface area contributed by atoms with Gasteiger partial charge in [0.05, 0.1) is 0 Å². The summed E-state index contributed by atoms with van der Waals surface area (Å²) in [4.78, 5) is 33.5. The van der Waals surface area contributed by atoms with Crippen LogP contribution in [-0.2, 0) is 14.4 Å². The Bertz CT molecular complexity index is 490. The first-order chi connectivity index (χ1) is 14.5. The van der Waals surface area contributed by atoms with Gasteiger partial charge in [0.1, 0.15) is 6.04 Å². The van der Waals surface area contributed by atoms with E-state index in [1.807, 2.05) is 0 Å². The molecule has 30 heavy (non-hydrogen) atoms. The van der Waals surface area contributed by atoms with Gasteiger partial charge in [-0.05, 0) is 44.9 Å². The minimum Gasteiger partial charge on any atom is -0.481 e. The van der Waals surface area contributed by atoms with Crippen LogP contribution in [-0.4, -0.2) is 34.1 Å². The number of aliphatic carboxylic acids is 2. The van der Waals surface area contributed by atoms with E-state index >= 15 is 0 Å². The van der Waals surface area contributed by atoms with E-state index in [1.54, 1.807) is 0 Å². The highest BCUT2D eigenvalue weighted by atomic mass is 16.4. The van der Waals surface area contributed by atoms with Gasteiger partial charge in [0, 0.05) is 12.8 Å². The monoisotopic (exact) mass is 425 g/mol. The normalized spacial score (nSPS) is 12.2. The van der Waals surface area contributed by atoms with Crippen LogP contribution in [0.4, 0.5) is 0 Å². The van der Waals surface area contributed by atoms with Gasteiger partial charge in [0.2, 0.25) is 5.91 Å². The summed E-state index contributed by atoms with van der Waals surface area (Å²) in [5.41, 5.74) is 0. The summed E-state index contributed by atoms with van der Waals surface area (Å²) in [5.74, 6) is -2.34. The Morgan fingerprint density at radius 1 is 0.733 bits per heavy atom. The molecule has 0 aromatic heterocycles. The highest BCUT2D eigenvalue weighted by Crippen LogP contribution is 2.10. The van der Waals surface area contributed by atoms with Crippen molar-refractivity contribution in [2.24, 2.45) is 0 Å². The van der Waals surface area contributed by atoms with E-state index in [4.69, 9.17) is 10.2 Å². The predicted octanol–water partition coefficient (Wildman–Crippen LogP) is 5.85. The molecule has 0 bridgehead atoms. The van der Waals surface area contributed by atoms with E-state index in [9.17, 15) is 14.4 Å². The molecule has 1 atom stereocenters. The third-order valence-electron chi connectivity index (χ3n) is 5.18. The molecule has 0 spiro atoms. The van der Waals surface area contributed by atoms with E-state index < -0.39 is 18.0 Å². The molecule has 0 aliphatic rings. The Morgan fingerprint density at radius 3 is 1.80 bits per heavy atom. The van der Waals surface area contributed by atoms with Crippen molar-refractivity contribution in [3.63, 3.8) is 0 Å². The molecular formula is C24H43NO5. The third kappa shape index (κ3) is 19.5. The van der Waals surface area contributed by atoms with E-state index in [2.05, 4.69) is 24.4 Å². The molecule has 1 unspecified atom stereocenters. The molecule has 0 fully saturated rings. The molecule has 6 nitrogen and oxygen atoms in total. The number of hydrogen-bond acceptors (Lipinski definition) is 3. The maximum atomic E-state index is 11.9. The fourth-order valence-electron chi connectivity index (χ4n) is 3.34. The highest BCUT2D eigenvalue weighted by Gasteiger charge is 2.19. The minimum atomic E-state index is -1.11. The average molecular weight is 426 g/mol. The molecule has 0 saturated carbocycles. The van der Waals surface area contributed by atoms with Crippen LogP contribution in [0.1, 0.15) is 116 Å². The molecule has 0 saturated heterocycles. The Labute approximate surface area is 182 Å². The van der Waals surface area contributed by atoms with Gasteiger partial charge in [-0.3, -0.25) is 9.59 Å². The van der Waals surface area contributed by atoms with Gasteiger partial charge < -0.3 is 15.5 Å². The van der Waals surface area contributed by atoms with Crippen LogP contribution in [0.25, 0.3) is 0 Å². The number of allylic oxidation sites excluding steroid dienone is 2. The van der Waals surface area contributed by atoms with Gasteiger partial charge in [-0.25, -0.2) is 4.79 Å². The molecule has 3 N–H and O–H groups in total. The van der Waals surface area contributed by atoms with E-state index in [0.717, 1.165) is 32.1 Å². The summed E-state index contributed by atoms with van der Waals surface area (Å²) in [6.45, 7) is 2.24. The highest BCUT2D eigenvalue weighted by molar-refractivity contribution is 5.83. The van der Waals surface area contributed by atoms with Crippen LogP contribution in [0.2, 0.25) is 0 Å². The number of carbonyl (C=O) groups is 3. The van der Waals surface area contributed by atoms with E-state index in [0.29, 0.717) is 6.42 Å². The van der Waals surface area contributed by atoms with Gasteiger partial charge >= 0.3 is 11.9 Å². The van der Waals surface area contributed by atoms with Crippen molar-refractivity contribution in [1.82, 2.24) is 5.32 Å². The van der Waals surface area contributed by atoms with Crippen LogP contribution < -0.4 is 5.32 Å². The van der Waals surface area contributed by atoms with E-state index in [-0.39, 0.29) is 25.2 Å². The number of unbranched alkanes of at least 4 members (excludes halogenated alkanes) is 11. The van der Waals surface area contributed by atoms with Crippen LogP contribution in [0.5, 0.6) is 0 Å². The van der Waals surface area contributed by atoms with E-state index in [1.165, 1.54) is 51.4 Å². The predicted molar refractivity (Wildman–Crippen MR) is 121 cm³/mol. The van der Waals surface area contributed by atoms with Gasteiger partial charge in [0.15, 0.2) is 0 Å². The zero-order valence-corrected chi connectivity index (χ0v) is 18.9. The van der Waals surface area contributed by atoms with Crippen molar-refractivity contribution in [3.05, 3.63) is 12.2 Å². The maximum Gasteiger partial charge on any atom is 0.326 e. The number of amides is 1. The summed E-state index contributed by atoms with van der Waals surface area (Å²) in [7, 11) is 0. The minimum absolute atomic E-state index is 0.0894. The lowest BCUT2D eigenvalue weighted by molar-refractivity contribution is -0.142. The number of carboxylic acids is 2. The lowest BCUT2D eigenvalue weighted by Crippen LogP contribution is -2.40. The molecule has 0 aromatic carbocycles. The first-order valence-corrected chi connectivity index (χ1v) is 11.9. The first kappa shape index (κ1) is 28.1. The largest absolute Gasteiger partial charge is 0.481 e. The van der Waals surface area contributed by atoms with Crippen molar-refractivity contribution in [1.29, 1.82) is 0 Å². The number of nitrogens with one attached hydrogen (secondary N) is 1. The van der Waals surface area contributed by atoms with Crippen molar-refractivity contribution >= 4 is 17.8 Å². The molecule has 0 heterocycles. The maximum absolute atomic E-state index is 11.9. The molecule has 174 valence electrons. The number of rotatable bonds is 21. The molecule has 0 aliphatic carbocycles. The number of hydrogen-bond donors (Lipinski definition) is 3. The number of carbonyl (C=O) groups excluding carboxylic acids is 1. The second kappa shape index (κ2) is 20.4. The van der Waals surface area contributed by atoms with Gasteiger partial charge in [-0.1, -0.05) is 70.4 Å². The zero-order chi connectivity index (χ0) is 22.5. The van der Waals surface area contributed by atoms with Gasteiger partial charge in [-0.15, -0.1) is 0 Å². The average Bonchev–Trinajstić information content (AvgIpc) is 2.69. The fourth-order valence-corrected chi connectivity index (χ4v) is 3.34. The second-order valence-corrected chi connectivity index (χ2v) is 8.08. The Morgan fingerprint density at radius 2 is 1.27 bits per heavy atom. The molecule has 1 amide bonds. The van der Waals surface area contributed by atoms with Crippen LogP contribution in [0.3, 0.4) is 0 Å². The lowest BCUT2D eigenvalue weighted by Gasteiger charge is -2.14. The van der Waals surface area contributed by atoms with Crippen molar-refractivity contribution in [3.8, 4) is 0 Å². The third-order valence-corrected chi connectivity index (χ3v) is 5.18. The fraction of sp³-hybridized carbons (Fsp3) is 0.792. The van der Waals surface area contributed by atoms with Crippen molar-refractivity contribution in [2.75, 3.05) is 0 Å². The van der Waals surface area contributed by atoms with Crippen molar-refractivity contribution < 1.29 is 24.6 Å². The smallest absolute Gasteiger partial charge is 0.326 e. The zero-order valence-electron chi connectivity index (χ0n) is 18.9. The van der Waals surface area contributed by atoms with Crippen LogP contribution in [0, 0.1) is 0 Å². The quantitative estimate of drug-likeness (QED) is 0.158. The number of carboxylic acid groups (broad SMARTS) is 2. The Balaban J connectivity index is 3.57. The molecule has 0 aliphatic heterocycles. The Kier molecular flexibility index (Phi) is 19.2. The summed E-state index contributed by atoms with van der Waals surface area (Å²) in [5, 5.41) is 20.2. The summed E-state index contributed by atoms with van der Waals surface area (Å²) < 4.78 is 0. The molecule has 0 rings (SSSR count). The molecule has 0 radical (unpaired) electrons.